The van der Waals surface area contributed by atoms with Crippen LogP contribution in [0.4, 0.5) is 18.9 Å². The zero-order valence-electron chi connectivity index (χ0n) is 11.0. The zero-order valence-corrected chi connectivity index (χ0v) is 13.3. The largest absolute Gasteiger partial charge is 0.426 e. The fourth-order valence-corrected chi connectivity index (χ4v) is 2.57. The number of anilines is 1. The first-order chi connectivity index (χ1) is 9.52. The molecule has 9 heteroatoms. The lowest BCUT2D eigenvalue weighted by molar-refractivity contribution is -0.242. The first kappa shape index (κ1) is 18.4. The molecule has 1 rings (SSSR count). The van der Waals surface area contributed by atoms with Crippen LogP contribution in [0.1, 0.15) is 13.8 Å². The number of thioether (sulfide) groups is 1. The maximum atomic E-state index is 12.6. The normalized spacial score (nSPS) is 14.7. The summed E-state index contributed by atoms with van der Waals surface area (Å²) < 4.78 is 37.7. The van der Waals surface area contributed by atoms with Gasteiger partial charge in [0.05, 0.1) is 15.7 Å². The first-order valence-electron chi connectivity index (χ1n) is 5.73. The van der Waals surface area contributed by atoms with Crippen molar-refractivity contribution >= 4 is 46.6 Å². The summed E-state index contributed by atoms with van der Waals surface area (Å²) in [5, 5.41) is 11.2. The van der Waals surface area contributed by atoms with E-state index in [1.54, 1.807) is 0 Å². The number of carbonyl (C=O) groups is 1. The van der Waals surface area contributed by atoms with Gasteiger partial charge in [-0.3, -0.25) is 4.79 Å². The Bertz CT molecular complexity index is 550. The van der Waals surface area contributed by atoms with Crippen molar-refractivity contribution < 1.29 is 23.1 Å². The summed E-state index contributed by atoms with van der Waals surface area (Å²) in [5.41, 5.74) is -3.63. The van der Waals surface area contributed by atoms with Gasteiger partial charge in [-0.2, -0.15) is 13.2 Å². The number of hydrogen-bond donors (Lipinski definition) is 2. The summed E-state index contributed by atoms with van der Waals surface area (Å²) in [4.78, 5) is 12.2. The van der Waals surface area contributed by atoms with Gasteiger partial charge in [0, 0.05) is 4.90 Å². The third-order valence-electron chi connectivity index (χ3n) is 2.59. The average Bonchev–Trinajstić information content (AvgIpc) is 2.37. The highest BCUT2D eigenvalue weighted by atomic mass is 35.5. The highest BCUT2D eigenvalue weighted by Gasteiger charge is 2.55. The van der Waals surface area contributed by atoms with Crippen LogP contribution < -0.4 is 5.32 Å². The lowest BCUT2D eigenvalue weighted by Crippen LogP contribution is -2.52. The minimum atomic E-state index is -5.11. The summed E-state index contributed by atoms with van der Waals surface area (Å²) in [6.45, 7) is 2.25. The van der Waals surface area contributed by atoms with Crippen molar-refractivity contribution in [1.29, 1.82) is 0 Å². The fourth-order valence-electron chi connectivity index (χ4n) is 1.27. The topological polar surface area (TPSA) is 49.3 Å². The van der Waals surface area contributed by atoms with Crippen LogP contribution >= 0.6 is 35.0 Å². The number of halogens is 5. The SMILES string of the molecule is CCSc1ccc(NC(=O)[C@@](C)(O)C(F)(F)F)c(Cl)c1Cl. The summed E-state index contributed by atoms with van der Waals surface area (Å²) >= 11 is 13.3. The second-order valence-electron chi connectivity index (χ2n) is 4.20. The van der Waals surface area contributed by atoms with E-state index in [1.165, 1.54) is 23.9 Å². The van der Waals surface area contributed by atoms with Gasteiger partial charge in [0.25, 0.3) is 5.91 Å². The number of benzene rings is 1. The van der Waals surface area contributed by atoms with E-state index in [2.05, 4.69) is 0 Å². The number of carbonyl (C=O) groups excluding carboxylic acids is 1. The van der Waals surface area contributed by atoms with Crippen LogP contribution in [0.25, 0.3) is 0 Å². The van der Waals surface area contributed by atoms with Crippen LogP contribution in [0.15, 0.2) is 17.0 Å². The molecule has 0 bridgehead atoms. The molecule has 1 amide bonds. The molecule has 0 saturated carbocycles. The maximum Gasteiger partial charge on any atom is 0.426 e. The smallest absolute Gasteiger partial charge is 0.373 e. The van der Waals surface area contributed by atoms with Crippen LogP contribution in [0.2, 0.25) is 10.0 Å². The van der Waals surface area contributed by atoms with Crippen molar-refractivity contribution in [3.63, 3.8) is 0 Å². The second-order valence-corrected chi connectivity index (χ2v) is 6.26. The predicted molar refractivity (Wildman–Crippen MR) is 78.2 cm³/mol. The fraction of sp³-hybridized carbons (Fsp3) is 0.417. The molecule has 0 heterocycles. The molecule has 1 aromatic carbocycles. The molecule has 21 heavy (non-hydrogen) atoms. The van der Waals surface area contributed by atoms with Gasteiger partial charge < -0.3 is 10.4 Å². The highest BCUT2D eigenvalue weighted by Crippen LogP contribution is 2.39. The number of aliphatic hydroxyl groups is 1. The molecule has 1 atom stereocenters. The Balaban J connectivity index is 3.05. The van der Waals surface area contributed by atoms with Crippen molar-refractivity contribution in [2.45, 2.75) is 30.5 Å². The Hall–Kier alpha value is -0.630. The van der Waals surface area contributed by atoms with Crippen molar-refractivity contribution in [2.75, 3.05) is 11.1 Å². The van der Waals surface area contributed by atoms with Gasteiger partial charge in [0.2, 0.25) is 5.60 Å². The second kappa shape index (κ2) is 6.64. The molecule has 2 N–H and O–H groups in total. The summed E-state index contributed by atoms with van der Waals surface area (Å²) in [5.74, 6) is -0.909. The highest BCUT2D eigenvalue weighted by molar-refractivity contribution is 7.99. The van der Waals surface area contributed by atoms with Gasteiger partial charge in [0.15, 0.2) is 0 Å². The van der Waals surface area contributed by atoms with Gasteiger partial charge in [-0.05, 0) is 24.8 Å². The molecular formula is C12H12Cl2F3NO2S. The van der Waals surface area contributed by atoms with E-state index >= 15 is 0 Å². The quantitative estimate of drug-likeness (QED) is 0.783. The van der Waals surface area contributed by atoms with Crippen LogP contribution in [-0.4, -0.2) is 28.5 Å². The Morgan fingerprint density at radius 2 is 1.90 bits per heavy atom. The van der Waals surface area contributed by atoms with Crippen molar-refractivity contribution in [1.82, 2.24) is 0 Å². The predicted octanol–water partition coefficient (Wildman–Crippen LogP) is 4.36. The Morgan fingerprint density at radius 1 is 1.33 bits per heavy atom. The third-order valence-corrected chi connectivity index (χ3v) is 4.52. The molecule has 118 valence electrons. The van der Waals surface area contributed by atoms with E-state index in [4.69, 9.17) is 23.2 Å². The first-order valence-corrected chi connectivity index (χ1v) is 7.47. The number of nitrogens with one attached hydrogen (secondary N) is 1. The van der Waals surface area contributed by atoms with Crippen molar-refractivity contribution in [2.24, 2.45) is 0 Å². The Kier molecular flexibility index (Phi) is 5.83. The number of rotatable bonds is 4. The lowest BCUT2D eigenvalue weighted by Gasteiger charge is -2.25. The van der Waals surface area contributed by atoms with E-state index in [-0.39, 0.29) is 15.7 Å². The molecule has 0 aromatic heterocycles. The molecule has 1 aromatic rings. The maximum absolute atomic E-state index is 12.6. The average molecular weight is 362 g/mol. The van der Waals surface area contributed by atoms with Gasteiger partial charge >= 0.3 is 6.18 Å². The number of alkyl halides is 3. The molecule has 0 unspecified atom stereocenters. The van der Waals surface area contributed by atoms with Crippen LogP contribution in [0, 0.1) is 0 Å². The molecule has 0 fully saturated rings. The number of amides is 1. The monoisotopic (exact) mass is 361 g/mol. The molecule has 3 nitrogen and oxygen atoms in total. The van der Waals surface area contributed by atoms with E-state index in [0.717, 1.165) is 5.75 Å². The van der Waals surface area contributed by atoms with Crippen LogP contribution in [0.5, 0.6) is 0 Å². The molecule has 0 saturated heterocycles. The van der Waals surface area contributed by atoms with E-state index in [1.807, 2.05) is 12.2 Å². The minimum Gasteiger partial charge on any atom is -0.373 e. The lowest BCUT2D eigenvalue weighted by atomic mass is 10.1. The van der Waals surface area contributed by atoms with Crippen LogP contribution in [-0.2, 0) is 4.79 Å². The van der Waals surface area contributed by atoms with Gasteiger partial charge in [-0.1, -0.05) is 30.1 Å². The molecule has 0 aliphatic rings. The third kappa shape index (κ3) is 3.97. The van der Waals surface area contributed by atoms with Gasteiger partial charge in [-0.15, -0.1) is 11.8 Å². The van der Waals surface area contributed by atoms with Crippen molar-refractivity contribution in [3.05, 3.63) is 22.2 Å². The number of hydrogen-bond acceptors (Lipinski definition) is 3. The Labute approximate surface area is 133 Å². The Morgan fingerprint density at radius 3 is 2.38 bits per heavy atom. The van der Waals surface area contributed by atoms with Gasteiger partial charge in [-0.25, -0.2) is 0 Å². The molecular weight excluding hydrogens is 350 g/mol. The summed E-state index contributed by atoms with van der Waals surface area (Å²) in [6.07, 6.45) is -5.11. The van der Waals surface area contributed by atoms with E-state index in [0.29, 0.717) is 11.8 Å². The molecule has 0 aliphatic carbocycles. The van der Waals surface area contributed by atoms with Gasteiger partial charge in [0.1, 0.15) is 0 Å². The van der Waals surface area contributed by atoms with Crippen molar-refractivity contribution in [3.8, 4) is 0 Å². The minimum absolute atomic E-state index is 0.0820. The standard InChI is InChI=1S/C12H12Cl2F3NO2S/c1-3-21-7-5-4-6(8(13)9(7)14)18-10(19)11(2,20)12(15,16)17/h4-5,20H,3H2,1-2H3,(H,18,19)/t11-/m1/s1. The summed E-state index contributed by atoms with van der Waals surface area (Å²) in [7, 11) is 0. The molecule has 0 spiro atoms. The molecule has 0 radical (unpaired) electrons. The molecule has 0 aliphatic heterocycles. The van der Waals surface area contributed by atoms with E-state index in [9.17, 15) is 23.1 Å². The zero-order chi connectivity index (χ0) is 16.4. The van der Waals surface area contributed by atoms with Crippen LogP contribution in [0.3, 0.4) is 0 Å². The summed E-state index contributed by atoms with van der Waals surface area (Å²) in [6, 6.07) is 2.86. The van der Waals surface area contributed by atoms with E-state index < -0.39 is 17.7 Å².